The Morgan fingerprint density at radius 1 is 1.19 bits per heavy atom. The van der Waals surface area contributed by atoms with Crippen LogP contribution in [0.2, 0.25) is 25.7 Å². The zero-order chi connectivity index (χ0) is 12.8. The maximum atomic E-state index is 11.3. The number of hydrogen-bond acceptors (Lipinski definition) is 5. The molecule has 0 aliphatic carbocycles. The van der Waals surface area contributed by atoms with Gasteiger partial charge >= 0.3 is 11.9 Å². The van der Waals surface area contributed by atoms with Crippen molar-refractivity contribution in [2.24, 2.45) is 5.73 Å². The average Bonchev–Trinajstić information content (AvgIpc) is 2.14. The van der Waals surface area contributed by atoms with Crippen molar-refractivity contribution in [3.8, 4) is 0 Å². The van der Waals surface area contributed by atoms with Crippen LogP contribution in [0.15, 0.2) is 0 Å². The number of rotatable bonds is 6. The van der Waals surface area contributed by atoms with E-state index in [0.717, 1.165) is 6.04 Å². The maximum Gasteiger partial charge on any atom is 0.334 e. The summed E-state index contributed by atoms with van der Waals surface area (Å²) in [6.07, 6.45) is 0. The highest BCUT2D eigenvalue weighted by Gasteiger charge is 2.25. The Bertz CT molecular complexity index is 250. The summed E-state index contributed by atoms with van der Waals surface area (Å²) in [6.45, 7) is 8.70. The van der Waals surface area contributed by atoms with Gasteiger partial charge in [0.05, 0.1) is 13.2 Å². The molecule has 1 atom stereocenters. The minimum Gasteiger partial charge on any atom is -0.464 e. The first-order valence-electron chi connectivity index (χ1n) is 5.37. The molecule has 0 saturated carbocycles. The molecule has 0 saturated heterocycles. The van der Waals surface area contributed by atoms with Crippen molar-refractivity contribution >= 4 is 20.0 Å². The number of carbonyl (C=O) groups is 2. The number of nitrogens with two attached hydrogens (primary N) is 1. The third kappa shape index (κ3) is 6.57. The highest BCUT2D eigenvalue weighted by molar-refractivity contribution is 6.76. The van der Waals surface area contributed by atoms with Gasteiger partial charge in [0.25, 0.3) is 0 Å². The van der Waals surface area contributed by atoms with Crippen molar-refractivity contribution in [2.45, 2.75) is 38.7 Å². The molecule has 6 heteroatoms. The van der Waals surface area contributed by atoms with Crippen molar-refractivity contribution < 1.29 is 19.1 Å². The fourth-order valence-electron chi connectivity index (χ4n) is 0.876. The molecule has 0 heterocycles. The second-order valence-electron chi connectivity index (χ2n) is 4.71. The van der Waals surface area contributed by atoms with E-state index in [0.29, 0.717) is 6.61 Å². The van der Waals surface area contributed by atoms with Gasteiger partial charge in [0.1, 0.15) is 0 Å². The molecule has 0 aliphatic rings. The summed E-state index contributed by atoms with van der Waals surface area (Å²) < 4.78 is 9.53. The van der Waals surface area contributed by atoms with Crippen molar-refractivity contribution in [3.63, 3.8) is 0 Å². The Balaban J connectivity index is 3.93. The first-order valence-corrected chi connectivity index (χ1v) is 9.07. The van der Waals surface area contributed by atoms with Crippen LogP contribution in [-0.2, 0) is 19.1 Å². The Kier molecular flexibility index (Phi) is 6.28. The van der Waals surface area contributed by atoms with Gasteiger partial charge in [-0.15, -0.1) is 0 Å². The number of carbonyl (C=O) groups excluding carboxylic acids is 2. The van der Waals surface area contributed by atoms with Gasteiger partial charge in [0.15, 0.2) is 0 Å². The summed E-state index contributed by atoms with van der Waals surface area (Å²) in [6, 6.07) is -0.463. The zero-order valence-corrected chi connectivity index (χ0v) is 11.4. The van der Waals surface area contributed by atoms with Crippen LogP contribution in [0.5, 0.6) is 0 Å². The topological polar surface area (TPSA) is 78.6 Å². The molecule has 1 unspecified atom stereocenters. The van der Waals surface area contributed by atoms with Gasteiger partial charge in [-0.2, -0.15) is 0 Å². The SMILES string of the molecule is CCOC(=O)C(N)C(=O)OCC[Si](C)(C)C. The number of ether oxygens (including phenoxy) is 2. The van der Waals surface area contributed by atoms with Crippen LogP contribution >= 0.6 is 0 Å². The average molecular weight is 247 g/mol. The summed E-state index contributed by atoms with van der Waals surface area (Å²) in [5, 5.41) is 0. The Morgan fingerprint density at radius 3 is 2.12 bits per heavy atom. The van der Waals surface area contributed by atoms with Gasteiger partial charge in [-0.3, -0.25) is 0 Å². The predicted molar refractivity (Wildman–Crippen MR) is 63.7 cm³/mol. The predicted octanol–water partition coefficient (Wildman–Crippen LogP) is 0.758. The third-order valence-corrected chi connectivity index (χ3v) is 3.59. The summed E-state index contributed by atoms with van der Waals surface area (Å²) in [4.78, 5) is 22.4. The summed E-state index contributed by atoms with van der Waals surface area (Å²) >= 11 is 0. The first kappa shape index (κ1) is 15.1. The van der Waals surface area contributed by atoms with Gasteiger partial charge < -0.3 is 15.2 Å². The van der Waals surface area contributed by atoms with Crippen LogP contribution in [-0.4, -0.2) is 39.3 Å². The van der Waals surface area contributed by atoms with Gasteiger partial charge in [-0.1, -0.05) is 19.6 Å². The van der Waals surface area contributed by atoms with E-state index in [-0.39, 0.29) is 6.61 Å². The zero-order valence-electron chi connectivity index (χ0n) is 10.4. The monoisotopic (exact) mass is 247 g/mol. The number of esters is 2. The van der Waals surface area contributed by atoms with Crippen LogP contribution in [0, 0.1) is 0 Å². The Labute approximate surface area is 97.3 Å². The highest BCUT2D eigenvalue weighted by Crippen LogP contribution is 2.07. The normalized spacial score (nSPS) is 13.1. The molecule has 0 amide bonds. The molecule has 0 fully saturated rings. The minimum absolute atomic E-state index is 0.203. The molecule has 0 spiro atoms. The van der Waals surface area contributed by atoms with E-state index in [1.165, 1.54) is 0 Å². The standard InChI is InChI=1S/C10H21NO4Si/c1-5-14-9(12)8(11)10(13)15-6-7-16(2,3)4/h8H,5-7,11H2,1-4H3. The molecular formula is C10H21NO4Si. The smallest absolute Gasteiger partial charge is 0.334 e. The van der Waals surface area contributed by atoms with Crippen LogP contribution in [0.4, 0.5) is 0 Å². The molecule has 5 nitrogen and oxygen atoms in total. The molecule has 0 aromatic rings. The summed E-state index contributed by atoms with van der Waals surface area (Å²) in [7, 11) is -1.24. The fraction of sp³-hybridized carbons (Fsp3) is 0.800. The highest BCUT2D eigenvalue weighted by atomic mass is 28.3. The summed E-state index contributed by atoms with van der Waals surface area (Å²) in [5.41, 5.74) is 5.36. The van der Waals surface area contributed by atoms with Crippen molar-refractivity contribution in [1.82, 2.24) is 0 Å². The van der Waals surface area contributed by atoms with Crippen LogP contribution < -0.4 is 5.73 Å². The maximum absolute atomic E-state index is 11.3. The molecule has 0 bridgehead atoms. The molecule has 94 valence electrons. The lowest BCUT2D eigenvalue weighted by molar-refractivity contribution is -0.156. The minimum atomic E-state index is -1.32. The van der Waals surface area contributed by atoms with Gasteiger partial charge in [0.2, 0.25) is 6.04 Å². The van der Waals surface area contributed by atoms with E-state index in [2.05, 4.69) is 24.4 Å². The van der Waals surface area contributed by atoms with E-state index < -0.39 is 26.1 Å². The lowest BCUT2D eigenvalue weighted by Crippen LogP contribution is -2.41. The second-order valence-corrected chi connectivity index (χ2v) is 10.3. The molecule has 16 heavy (non-hydrogen) atoms. The summed E-state index contributed by atoms with van der Waals surface area (Å²) in [5.74, 6) is -1.45. The van der Waals surface area contributed by atoms with E-state index in [9.17, 15) is 9.59 Å². The van der Waals surface area contributed by atoms with Gasteiger partial charge in [-0.05, 0) is 13.0 Å². The quantitative estimate of drug-likeness (QED) is 0.426. The molecular weight excluding hydrogens is 226 g/mol. The van der Waals surface area contributed by atoms with E-state index >= 15 is 0 Å². The molecule has 0 radical (unpaired) electrons. The largest absolute Gasteiger partial charge is 0.464 e. The van der Waals surface area contributed by atoms with Crippen molar-refractivity contribution in [1.29, 1.82) is 0 Å². The van der Waals surface area contributed by atoms with Crippen LogP contribution in [0.1, 0.15) is 6.92 Å². The molecule has 0 aromatic carbocycles. The Hall–Kier alpha value is -0.883. The molecule has 2 N–H and O–H groups in total. The third-order valence-electron chi connectivity index (χ3n) is 1.89. The first-order chi connectivity index (χ1) is 7.28. The van der Waals surface area contributed by atoms with Crippen molar-refractivity contribution in [3.05, 3.63) is 0 Å². The van der Waals surface area contributed by atoms with Gasteiger partial charge in [0, 0.05) is 8.07 Å². The Morgan fingerprint density at radius 2 is 1.69 bits per heavy atom. The fourth-order valence-corrected chi connectivity index (χ4v) is 1.59. The van der Waals surface area contributed by atoms with Crippen molar-refractivity contribution in [2.75, 3.05) is 13.2 Å². The number of hydrogen-bond donors (Lipinski definition) is 1. The molecule has 0 aromatic heterocycles. The van der Waals surface area contributed by atoms with Gasteiger partial charge in [-0.25, -0.2) is 9.59 Å². The van der Waals surface area contributed by atoms with E-state index in [1.54, 1.807) is 6.92 Å². The lowest BCUT2D eigenvalue weighted by Gasteiger charge is -2.16. The van der Waals surface area contributed by atoms with Crippen LogP contribution in [0.3, 0.4) is 0 Å². The molecule has 0 aliphatic heterocycles. The lowest BCUT2D eigenvalue weighted by atomic mass is 10.3. The second kappa shape index (κ2) is 6.65. The van der Waals surface area contributed by atoms with E-state index in [4.69, 9.17) is 10.5 Å². The van der Waals surface area contributed by atoms with Crippen LogP contribution in [0.25, 0.3) is 0 Å². The van der Waals surface area contributed by atoms with E-state index in [1.807, 2.05) is 0 Å². The molecule has 0 rings (SSSR count).